The van der Waals surface area contributed by atoms with E-state index in [1.807, 2.05) is 57.4 Å². The van der Waals surface area contributed by atoms with Crippen molar-refractivity contribution in [3.05, 3.63) is 83.4 Å². The van der Waals surface area contributed by atoms with Gasteiger partial charge in [-0.2, -0.15) is 0 Å². The van der Waals surface area contributed by atoms with Crippen LogP contribution in [-0.2, 0) is 14.8 Å². The van der Waals surface area contributed by atoms with Crippen LogP contribution in [0.25, 0.3) is 0 Å². The molecule has 0 spiro atoms. The van der Waals surface area contributed by atoms with Gasteiger partial charge < -0.3 is 10.1 Å². The van der Waals surface area contributed by atoms with Crippen molar-refractivity contribution in [1.82, 2.24) is 5.32 Å². The third-order valence-electron chi connectivity index (χ3n) is 5.49. The van der Waals surface area contributed by atoms with Crippen LogP contribution in [0.2, 0.25) is 0 Å². The molecule has 0 fully saturated rings. The number of amides is 1. The van der Waals surface area contributed by atoms with Gasteiger partial charge in [-0.15, -0.1) is 11.8 Å². The molecule has 0 heterocycles. The molecule has 0 radical (unpaired) electrons. The summed E-state index contributed by atoms with van der Waals surface area (Å²) in [6.07, 6.45) is 1.93. The normalized spacial score (nSPS) is 11.2. The summed E-state index contributed by atoms with van der Waals surface area (Å²) in [5, 5.41) is 2.77. The van der Waals surface area contributed by atoms with Crippen LogP contribution in [0, 0.1) is 20.8 Å². The summed E-state index contributed by atoms with van der Waals surface area (Å²) in [4.78, 5) is 13.8. The van der Waals surface area contributed by atoms with E-state index in [0.29, 0.717) is 5.69 Å². The van der Waals surface area contributed by atoms with Gasteiger partial charge in [0.05, 0.1) is 17.1 Å². The van der Waals surface area contributed by atoms with Crippen molar-refractivity contribution >= 4 is 33.4 Å². The van der Waals surface area contributed by atoms with E-state index in [1.54, 1.807) is 36.4 Å². The minimum Gasteiger partial charge on any atom is -0.491 e. The summed E-state index contributed by atoms with van der Waals surface area (Å²) in [6.45, 7) is 6.13. The molecule has 180 valence electrons. The Hall–Kier alpha value is -2.97. The predicted molar refractivity (Wildman–Crippen MR) is 138 cm³/mol. The summed E-state index contributed by atoms with van der Waals surface area (Å²) >= 11 is 1.53. The maximum Gasteiger partial charge on any atom is 0.264 e. The summed E-state index contributed by atoms with van der Waals surface area (Å²) in [6, 6.07) is 19.5. The van der Waals surface area contributed by atoms with E-state index in [4.69, 9.17) is 4.74 Å². The summed E-state index contributed by atoms with van der Waals surface area (Å²) in [7, 11) is -3.94. The van der Waals surface area contributed by atoms with Crippen molar-refractivity contribution in [2.45, 2.75) is 30.6 Å². The van der Waals surface area contributed by atoms with E-state index >= 15 is 0 Å². The van der Waals surface area contributed by atoms with Crippen LogP contribution in [0.3, 0.4) is 0 Å². The average Bonchev–Trinajstić information content (AvgIpc) is 2.83. The summed E-state index contributed by atoms with van der Waals surface area (Å²) in [5.41, 5.74) is 3.61. The smallest absolute Gasteiger partial charge is 0.264 e. The second-order valence-electron chi connectivity index (χ2n) is 7.92. The van der Waals surface area contributed by atoms with Crippen LogP contribution < -0.4 is 14.4 Å². The van der Waals surface area contributed by atoms with E-state index in [9.17, 15) is 13.2 Å². The number of hydrogen-bond acceptors (Lipinski definition) is 5. The van der Waals surface area contributed by atoms with E-state index < -0.39 is 15.9 Å². The molecule has 0 saturated heterocycles. The quantitative estimate of drug-likeness (QED) is 0.323. The maximum atomic E-state index is 13.5. The third kappa shape index (κ3) is 6.33. The molecule has 1 amide bonds. The molecule has 3 aromatic rings. The molecule has 0 aliphatic carbocycles. The highest BCUT2D eigenvalue weighted by atomic mass is 32.2. The lowest BCUT2D eigenvalue weighted by molar-refractivity contribution is -0.119. The zero-order valence-electron chi connectivity index (χ0n) is 19.9. The van der Waals surface area contributed by atoms with Crippen LogP contribution in [0.15, 0.2) is 76.5 Å². The van der Waals surface area contributed by atoms with Gasteiger partial charge in [0.25, 0.3) is 10.0 Å². The Labute approximate surface area is 206 Å². The van der Waals surface area contributed by atoms with Crippen LogP contribution in [0.1, 0.15) is 16.7 Å². The summed E-state index contributed by atoms with van der Waals surface area (Å²) in [5.74, 6) is 0.362. The lowest BCUT2D eigenvalue weighted by Gasteiger charge is -2.24. The minimum absolute atomic E-state index is 0.136. The van der Waals surface area contributed by atoms with E-state index in [-0.39, 0.29) is 24.6 Å². The molecule has 0 unspecified atom stereocenters. The first-order chi connectivity index (χ1) is 16.2. The van der Waals surface area contributed by atoms with Crippen molar-refractivity contribution in [2.24, 2.45) is 0 Å². The number of carbonyl (C=O) groups excluding carboxylic acids is 1. The van der Waals surface area contributed by atoms with Crippen molar-refractivity contribution in [1.29, 1.82) is 0 Å². The molecule has 0 saturated carbocycles. The highest BCUT2D eigenvalue weighted by molar-refractivity contribution is 7.98. The van der Waals surface area contributed by atoms with Gasteiger partial charge in [0.1, 0.15) is 18.9 Å². The first-order valence-corrected chi connectivity index (χ1v) is 13.6. The monoisotopic (exact) mass is 498 g/mol. The van der Waals surface area contributed by atoms with E-state index in [1.165, 1.54) is 11.8 Å². The van der Waals surface area contributed by atoms with Crippen LogP contribution in [0.4, 0.5) is 5.69 Å². The molecular weight excluding hydrogens is 468 g/mol. The van der Waals surface area contributed by atoms with Gasteiger partial charge in [-0.25, -0.2) is 8.42 Å². The molecule has 34 heavy (non-hydrogen) atoms. The molecular formula is C26H30N2O4S2. The van der Waals surface area contributed by atoms with Crippen molar-refractivity contribution in [3.8, 4) is 5.75 Å². The topological polar surface area (TPSA) is 75.7 Å². The fourth-order valence-corrected chi connectivity index (χ4v) is 5.15. The zero-order chi connectivity index (χ0) is 24.7. The fourth-order valence-electron chi connectivity index (χ4n) is 3.32. The van der Waals surface area contributed by atoms with Gasteiger partial charge in [-0.05, 0) is 80.6 Å². The predicted octanol–water partition coefficient (Wildman–Crippen LogP) is 4.72. The Kier molecular flexibility index (Phi) is 8.63. The first-order valence-electron chi connectivity index (χ1n) is 10.9. The molecule has 0 bridgehead atoms. The molecule has 6 nitrogen and oxygen atoms in total. The molecule has 0 aliphatic rings. The maximum absolute atomic E-state index is 13.5. The number of nitrogens with zero attached hydrogens (tertiary/aromatic N) is 1. The largest absolute Gasteiger partial charge is 0.491 e. The van der Waals surface area contributed by atoms with Crippen molar-refractivity contribution in [2.75, 3.05) is 30.3 Å². The highest BCUT2D eigenvalue weighted by Gasteiger charge is 2.27. The second kappa shape index (κ2) is 11.4. The Morgan fingerprint density at radius 1 is 0.971 bits per heavy atom. The molecule has 3 rings (SSSR count). The van der Waals surface area contributed by atoms with Crippen LogP contribution in [0.5, 0.6) is 5.75 Å². The number of sulfonamides is 1. The molecule has 0 aromatic heterocycles. The van der Waals surface area contributed by atoms with Gasteiger partial charge in [-0.3, -0.25) is 9.10 Å². The zero-order valence-corrected chi connectivity index (χ0v) is 21.5. The minimum atomic E-state index is -3.94. The van der Waals surface area contributed by atoms with Gasteiger partial charge in [-0.1, -0.05) is 29.8 Å². The number of aryl methyl sites for hydroxylation is 2. The number of thioether (sulfide) groups is 1. The fraction of sp³-hybridized carbons (Fsp3) is 0.269. The molecule has 0 atom stereocenters. The lowest BCUT2D eigenvalue weighted by Crippen LogP contribution is -2.41. The second-order valence-corrected chi connectivity index (χ2v) is 10.7. The molecule has 1 N–H and O–H groups in total. The van der Waals surface area contributed by atoms with E-state index in [2.05, 4.69) is 5.32 Å². The van der Waals surface area contributed by atoms with Crippen molar-refractivity contribution < 1.29 is 17.9 Å². The standard InChI is InChI=1S/C26H30N2O4S2/c1-19-8-10-22(11-9-19)28(34(30,31)24-14-12-23(33-4)13-15-24)18-26(29)27-16-17-32-25-7-5-6-20(2)21(25)3/h5-15H,16-18H2,1-4H3,(H,27,29). The van der Waals surface area contributed by atoms with Crippen molar-refractivity contribution in [3.63, 3.8) is 0 Å². The number of hydrogen-bond donors (Lipinski definition) is 1. The number of ether oxygens (including phenoxy) is 1. The van der Waals surface area contributed by atoms with Crippen LogP contribution >= 0.6 is 11.8 Å². The Morgan fingerprint density at radius 2 is 1.65 bits per heavy atom. The number of carbonyl (C=O) groups is 1. The molecule has 8 heteroatoms. The number of anilines is 1. The molecule has 3 aromatic carbocycles. The van der Waals surface area contributed by atoms with Gasteiger partial charge in [0, 0.05) is 4.90 Å². The Morgan fingerprint density at radius 3 is 2.29 bits per heavy atom. The summed E-state index contributed by atoms with van der Waals surface area (Å²) < 4.78 is 33.8. The van der Waals surface area contributed by atoms with Gasteiger partial charge in [0.2, 0.25) is 5.91 Å². The molecule has 0 aliphatic heterocycles. The first kappa shape index (κ1) is 25.6. The van der Waals surface area contributed by atoms with E-state index in [0.717, 1.165) is 31.6 Å². The average molecular weight is 499 g/mol. The Balaban J connectivity index is 1.71. The number of rotatable bonds is 10. The third-order valence-corrected chi connectivity index (χ3v) is 8.02. The number of benzene rings is 3. The Bertz CT molecular complexity index is 1220. The van der Waals surface area contributed by atoms with Gasteiger partial charge in [0.15, 0.2) is 0 Å². The SMILES string of the molecule is CSc1ccc(S(=O)(=O)N(CC(=O)NCCOc2cccc(C)c2C)c2ccc(C)cc2)cc1. The van der Waals surface area contributed by atoms with Crippen LogP contribution in [-0.4, -0.2) is 40.3 Å². The van der Waals surface area contributed by atoms with Gasteiger partial charge >= 0.3 is 0 Å². The highest BCUT2D eigenvalue weighted by Crippen LogP contribution is 2.26. The lowest BCUT2D eigenvalue weighted by atomic mass is 10.1. The number of nitrogens with one attached hydrogen (secondary N) is 1.